The highest BCUT2D eigenvalue weighted by molar-refractivity contribution is 6.27. The molecule has 0 spiro atoms. The predicted molar refractivity (Wildman–Crippen MR) is 120 cm³/mol. The summed E-state index contributed by atoms with van der Waals surface area (Å²) >= 11 is 0. The lowest BCUT2D eigenvalue weighted by molar-refractivity contribution is -0.159. The van der Waals surface area contributed by atoms with Crippen LogP contribution in [0.4, 0.5) is 0 Å². The topological polar surface area (TPSA) is 104 Å². The monoisotopic (exact) mass is 433 g/mol. The Morgan fingerprint density at radius 2 is 1.58 bits per heavy atom. The summed E-state index contributed by atoms with van der Waals surface area (Å²) in [5.74, 6) is -3.89. The van der Waals surface area contributed by atoms with Gasteiger partial charge in [-0.3, -0.25) is 9.69 Å². The quantitative estimate of drug-likeness (QED) is 0.325. The molecule has 0 radical (unpaired) electrons. The van der Waals surface area contributed by atoms with Gasteiger partial charge in [0.2, 0.25) is 0 Å². The molecule has 0 aromatic heterocycles. The number of benzene rings is 1. The first-order valence-electron chi connectivity index (χ1n) is 11.0. The summed E-state index contributed by atoms with van der Waals surface area (Å²) in [6.45, 7) is 7.54. The fourth-order valence-electron chi connectivity index (χ4n) is 3.37. The van der Waals surface area contributed by atoms with Crippen LogP contribution in [0.3, 0.4) is 0 Å². The van der Waals surface area contributed by atoms with E-state index in [4.69, 9.17) is 24.5 Å². The second-order valence-corrected chi connectivity index (χ2v) is 7.48. The van der Waals surface area contributed by atoms with Gasteiger partial charge in [0.05, 0.1) is 12.5 Å². The summed E-state index contributed by atoms with van der Waals surface area (Å²) < 4.78 is 5.63. The molecule has 0 amide bonds. The molecule has 1 unspecified atom stereocenters. The number of hydrogen-bond donors (Lipinski definition) is 2. The molecule has 0 aliphatic carbocycles. The minimum absolute atomic E-state index is 0.0678. The van der Waals surface area contributed by atoms with Crippen LogP contribution in [0, 0.1) is 5.92 Å². The number of ether oxygens (including phenoxy) is 1. The Morgan fingerprint density at radius 3 is 2.16 bits per heavy atom. The van der Waals surface area contributed by atoms with Crippen LogP contribution in [0.25, 0.3) is 5.57 Å². The molecule has 1 aliphatic heterocycles. The standard InChI is InChI=1S/C22H33NO2.C2H2O4/c1-3-5-6-7-8-12-17-25-22(24)21-18-23(4-2)16-15-20(21)19-13-10-9-11-14-19;3-1(4)2(5)6/h9-11,13-15,21H,3-8,12,16-18H2,1-2H3;(H,3,4)(H,5,6). The molecule has 0 bridgehead atoms. The van der Waals surface area contributed by atoms with E-state index < -0.39 is 11.9 Å². The summed E-state index contributed by atoms with van der Waals surface area (Å²) in [7, 11) is 0. The van der Waals surface area contributed by atoms with Gasteiger partial charge in [0.1, 0.15) is 0 Å². The van der Waals surface area contributed by atoms with Gasteiger partial charge in [-0.15, -0.1) is 0 Å². The van der Waals surface area contributed by atoms with Crippen molar-refractivity contribution in [3.63, 3.8) is 0 Å². The molecule has 0 saturated carbocycles. The van der Waals surface area contributed by atoms with E-state index in [0.29, 0.717) is 6.61 Å². The fraction of sp³-hybridized carbons (Fsp3) is 0.542. The zero-order chi connectivity index (χ0) is 23.1. The van der Waals surface area contributed by atoms with Crippen molar-refractivity contribution in [2.45, 2.75) is 52.4 Å². The molecule has 0 saturated heterocycles. The molecule has 0 fully saturated rings. The van der Waals surface area contributed by atoms with Crippen molar-refractivity contribution < 1.29 is 29.3 Å². The van der Waals surface area contributed by atoms with Crippen molar-refractivity contribution in [2.24, 2.45) is 5.92 Å². The number of esters is 1. The first-order valence-corrected chi connectivity index (χ1v) is 11.0. The minimum Gasteiger partial charge on any atom is -0.473 e. The molecular weight excluding hydrogens is 398 g/mol. The van der Waals surface area contributed by atoms with Gasteiger partial charge in [-0.2, -0.15) is 0 Å². The number of aliphatic carboxylic acids is 2. The van der Waals surface area contributed by atoms with Gasteiger partial charge in [-0.25, -0.2) is 9.59 Å². The Hall–Kier alpha value is -2.67. The van der Waals surface area contributed by atoms with Gasteiger partial charge in [-0.05, 0) is 24.1 Å². The second kappa shape index (κ2) is 15.2. The molecule has 1 aliphatic rings. The Morgan fingerprint density at radius 1 is 0.968 bits per heavy atom. The van der Waals surface area contributed by atoms with Crippen molar-refractivity contribution in [3.05, 3.63) is 42.0 Å². The number of likely N-dealkylation sites (N-methyl/N-ethyl adjacent to an activating group) is 1. The first kappa shape index (κ1) is 26.4. The number of hydrogen-bond acceptors (Lipinski definition) is 5. The van der Waals surface area contributed by atoms with Crippen molar-refractivity contribution in [1.82, 2.24) is 4.90 Å². The maximum atomic E-state index is 12.7. The average Bonchev–Trinajstić information content (AvgIpc) is 2.78. The number of carboxylic acids is 2. The normalized spacial score (nSPS) is 15.9. The SMILES string of the molecule is CCCCCCCCOC(=O)C1CN(CC)CC=C1c1ccccc1.O=C(O)C(=O)O. The molecule has 1 heterocycles. The van der Waals surface area contributed by atoms with Gasteiger partial charge in [0.25, 0.3) is 0 Å². The number of carboxylic acid groups (broad SMARTS) is 2. The second-order valence-electron chi connectivity index (χ2n) is 7.48. The molecule has 2 rings (SSSR count). The maximum absolute atomic E-state index is 12.7. The zero-order valence-electron chi connectivity index (χ0n) is 18.6. The van der Waals surface area contributed by atoms with Gasteiger partial charge >= 0.3 is 17.9 Å². The number of unbranched alkanes of at least 4 members (excludes halogenated alkanes) is 5. The van der Waals surface area contributed by atoms with E-state index in [2.05, 4.69) is 37.0 Å². The summed E-state index contributed by atoms with van der Waals surface area (Å²) in [6, 6.07) is 10.2. The third kappa shape index (κ3) is 10.3. The molecule has 31 heavy (non-hydrogen) atoms. The number of nitrogens with zero attached hydrogens (tertiary/aromatic N) is 1. The summed E-state index contributed by atoms with van der Waals surface area (Å²) in [5.41, 5.74) is 2.26. The lowest BCUT2D eigenvalue weighted by Gasteiger charge is -2.31. The van der Waals surface area contributed by atoms with E-state index in [-0.39, 0.29) is 11.9 Å². The Bertz CT molecular complexity index is 704. The van der Waals surface area contributed by atoms with Crippen LogP contribution in [0.1, 0.15) is 57.9 Å². The van der Waals surface area contributed by atoms with E-state index in [1.54, 1.807) is 0 Å². The highest BCUT2D eigenvalue weighted by atomic mass is 16.5. The summed E-state index contributed by atoms with van der Waals surface area (Å²) in [4.78, 5) is 33.2. The lowest BCUT2D eigenvalue weighted by Crippen LogP contribution is -2.38. The molecule has 172 valence electrons. The molecule has 1 aromatic rings. The molecule has 7 heteroatoms. The third-order valence-corrected chi connectivity index (χ3v) is 5.15. The molecule has 2 N–H and O–H groups in total. The van der Waals surface area contributed by atoms with Crippen molar-refractivity contribution in [2.75, 3.05) is 26.2 Å². The van der Waals surface area contributed by atoms with Gasteiger partial charge in [0.15, 0.2) is 0 Å². The fourth-order valence-corrected chi connectivity index (χ4v) is 3.37. The largest absolute Gasteiger partial charge is 0.473 e. The van der Waals surface area contributed by atoms with Gasteiger partial charge in [0, 0.05) is 13.1 Å². The highest BCUT2D eigenvalue weighted by Crippen LogP contribution is 2.29. The minimum atomic E-state index is -1.82. The van der Waals surface area contributed by atoms with E-state index in [9.17, 15) is 4.79 Å². The van der Waals surface area contributed by atoms with Gasteiger partial charge in [-0.1, -0.05) is 82.4 Å². The lowest BCUT2D eigenvalue weighted by atomic mass is 9.89. The van der Waals surface area contributed by atoms with E-state index in [0.717, 1.165) is 43.6 Å². The molecule has 1 atom stereocenters. The third-order valence-electron chi connectivity index (χ3n) is 5.15. The molecule has 7 nitrogen and oxygen atoms in total. The van der Waals surface area contributed by atoms with Crippen LogP contribution in [-0.4, -0.2) is 59.3 Å². The van der Waals surface area contributed by atoms with Crippen LogP contribution in [0.2, 0.25) is 0 Å². The Kier molecular flexibility index (Phi) is 12.9. The number of carbonyl (C=O) groups is 3. The van der Waals surface area contributed by atoms with E-state index in [1.165, 1.54) is 25.7 Å². The smallest absolute Gasteiger partial charge is 0.414 e. The first-order chi connectivity index (χ1) is 14.9. The van der Waals surface area contributed by atoms with Crippen molar-refractivity contribution >= 4 is 23.5 Å². The molecular formula is C24H35NO6. The van der Waals surface area contributed by atoms with Crippen LogP contribution < -0.4 is 0 Å². The predicted octanol–water partition coefficient (Wildman–Crippen LogP) is 4.08. The number of rotatable bonds is 10. The van der Waals surface area contributed by atoms with Crippen molar-refractivity contribution in [3.8, 4) is 0 Å². The summed E-state index contributed by atoms with van der Waals surface area (Å²) in [6.07, 6.45) is 9.43. The van der Waals surface area contributed by atoms with E-state index >= 15 is 0 Å². The zero-order valence-corrected chi connectivity index (χ0v) is 18.6. The van der Waals surface area contributed by atoms with Crippen LogP contribution in [0.5, 0.6) is 0 Å². The van der Waals surface area contributed by atoms with Gasteiger partial charge < -0.3 is 14.9 Å². The molecule has 1 aromatic carbocycles. The van der Waals surface area contributed by atoms with Crippen LogP contribution in [0.15, 0.2) is 36.4 Å². The van der Waals surface area contributed by atoms with Crippen molar-refractivity contribution in [1.29, 1.82) is 0 Å². The Labute approximate surface area is 184 Å². The maximum Gasteiger partial charge on any atom is 0.414 e. The Balaban J connectivity index is 0.000000703. The average molecular weight is 434 g/mol. The summed E-state index contributed by atoms with van der Waals surface area (Å²) in [5, 5.41) is 14.8. The highest BCUT2D eigenvalue weighted by Gasteiger charge is 2.30. The number of carbonyl (C=O) groups excluding carboxylic acids is 1. The van der Waals surface area contributed by atoms with E-state index in [1.807, 2.05) is 18.2 Å². The van der Waals surface area contributed by atoms with Crippen LogP contribution in [-0.2, 0) is 19.1 Å². The van der Waals surface area contributed by atoms with Crippen LogP contribution >= 0.6 is 0 Å².